The quantitative estimate of drug-likeness (QED) is 0.431. The standard InChI is InChI=1S/C21H23N7O4/c1-21(2,3)19-25-16(27-32-19)11-5-7-12(8-6-11)22-14(29)10-9-13-23-15-17(24-13)28(4)20(31)26-18(15)30/h5-8H,9-10H2,1-4H3,(H,22,29)(H,23,24)(H,26,30,31). The van der Waals surface area contributed by atoms with Crippen molar-refractivity contribution in [2.45, 2.75) is 39.0 Å². The van der Waals surface area contributed by atoms with E-state index in [-0.39, 0.29) is 35.3 Å². The van der Waals surface area contributed by atoms with E-state index in [9.17, 15) is 14.4 Å². The van der Waals surface area contributed by atoms with Gasteiger partial charge in [-0.15, -0.1) is 0 Å². The van der Waals surface area contributed by atoms with Gasteiger partial charge < -0.3 is 14.8 Å². The van der Waals surface area contributed by atoms with Crippen LogP contribution in [0.2, 0.25) is 0 Å². The lowest BCUT2D eigenvalue weighted by Crippen LogP contribution is -2.28. The predicted molar refractivity (Wildman–Crippen MR) is 117 cm³/mol. The fourth-order valence-electron chi connectivity index (χ4n) is 3.07. The number of rotatable bonds is 5. The van der Waals surface area contributed by atoms with Crippen LogP contribution in [0.4, 0.5) is 5.69 Å². The summed E-state index contributed by atoms with van der Waals surface area (Å²) in [6, 6.07) is 7.13. The Bertz CT molecular complexity index is 1400. The van der Waals surface area contributed by atoms with E-state index >= 15 is 0 Å². The van der Waals surface area contributed by atoms with Crippen molar-refractivity contribution in [2.24, 2.45) is 7.05 Å². The Hall–Kier alpha value is -4.02. The van der Waals surface area contributed by atoms with E-state index in [1.807, 2.05) is 20.8 Å². The van der Waals surface area contributed by atoms with Crippen molar-refractivity contribution in [3.63, 3.8) is 0 Å². The van der Waals surface area contributed by atoms with Gasteiger partial charge in [0.1, 0.15) is 11.3 Å². The number of carbonyl (C=O) groups excluding carboxylic acids is 1. The highest BCUT2D eigenvalue weighted by Crippen LogP contribution is 2.24. The van der Waals surface area contributed by atoms with Gasteiger partial charge in [-0.1, -0.05) is 25.9 Å². The summed E-state index contributed by atoms with van der Waals surface area (Å²) in [5.41, 5.74) is 0.540. The zero-order valence-corrected chi connectivity index (χ0v) is 18.1. The molecule has 1 amide bonds. The van der Waals surface area contributed by atoms with E-state index in [1.165, 1.54) is 11.6 Å². The molecule has 11 nitrogen and oxygen atoms in total. The molecule has 0 aliphatic carbocycles. The highest BCUT2D eigenvalue weighted by molar-refractivity contribution is 5.91. The molecule has 166 valence electrons. The molecule has 11 heteroatoms. The third-order valence-electron chi connectivity index (χ3n) is 4.89. The Labute approximate surface area is 181 Å². The van der Waals surface area contributed by atoms with E-state index < -0.39 is 11.2 Å². The largest absolute Gasteiger partial charge is 0.338 e. The third kappa shape index (κ3) is 4.22. The number of aromatic amines is 2. The highest BCUT2D eigenvalue weighted by atomic mass is 16.5. The number of nitrogens with one attached hydrogen (secondary N) is 3. The fourth-order valence-corrected chi connectivity index (χ4v) is 3.07. The second kappa shape index (κ2) is 7.91. The van der Waals surface area contributed by atoms with Crippen molar-refractivity contribution in [3.8, 4) is 11.4 Å². The monoisotopic (exact) mass is 437 g/mol. The van der Waals surface area contributed by atoms with Crippen LogP contribution >= 0.6 is 0 Å². The number of aryl methyl sites for hydroxylation is 2. The summed E-state index contributed by atoms with van der Waals surface area (Å²) in [7, 11) is 1.51. The van der Waals surface area contributed by atoms with Gasteiger partial charge in [-0.05, 0) is 24.3 Å². The minimum atomic E-state index is -0.544. The zero-order valence-electron chi connectivity index (χ0n) is 18.1. The van der Waals surface area contributed by atoms with Crippen molar-refractivity contribution < 1.29 is 9.32 Å². The maximum Gasteiger partial charge on any atom is 0.329 e. The topological polar surface area (TPSA) is 152 Å². The summed E-state index contributed by atoms with van der Waals surface area (Å²) in [6.07, 6.45) is 0.428. The number of fused-ring (bicyclic) bond motifs is 1. The van der Waals surface area contributed by atoms with Crippen molar-refractivity contribution >= 4 is 22.8 Å². The van der Waals surface area contributed by atoms with Crippen LogP contribution in [0, 0.1) is 0 Å². The first-order chi connectivity index (χ1) is 15.1. The van der Waals surface area contributed by atoms with E-state index in [0.717, 1.165) is 5.56 Å². The number of amides is 1. The summed E-state index contributed by atoms with van der Waals surface area (Å²) >= 11 is 0. The van der Waals surface area contributed by atoms with Crippen molar-refractivity contribution in [3.05, 3.63) is 56.8 Å². The molecule has 3 heterocycles. The fraction of sp³-hybridized carbons (Fsp3) is 0.333. The van der Waals surface area contributed by atoms with Crippen LogP contribution < -0.4 is 16.6 Å². The van der Waals surface area contributed by atoms with Gasteiger partial charge in [0.2, 0.25) is 17.6 Å². The molecule has 4 aromatic rings. The average Bonchev–Trinajstić information content (AvgIpc) is 3.39. The molecule has 0 aliphatic heterocycles. The molecule has 3 aromatic heterocycles. The van der Waals surface area contributed by atoms with Gasteiger partial charge in [0, 0.05) is 36.6 Å². The van der Waals surface area contributed by atoms with Gasteiger partial charge in [-0.25, -0.2) is 9.78 Å². The predicted octanol–water partition coefficient (Wildman–Crippen LogP) is 1.87. The molecule has 0 fully saturated rings. The van der Waals surface area contributed by atoms with Gasteiger partial charge in [0.25, 0.3) is 5.56 Å². The first-order valence-electron chi connectivity index (χ1n) is 10.0. The molecule has 1 aromatic carbocycles. The molecule has 0 bridgehead atoms. The molecular weight excluding hydrogens is 414 g/mol. The van der Waals surface area contributed by atoms with Gasteiger partial charge in [0.05, 0.1) is 0 Å². The number of H-pyrrole nitrogens is 2. The Balaban J connectivity index is 1.39. The molecule has 0 atom stereocenters. The van der Waals surface area contributed by atoms with Crippen LogP contribution in [-0.4, -0.2) is 35.6 Å². The number of hydrogen-bond acceptors (Lipinski definition) is 7. The smallest absolute Gasteiger partial charge is 0.329 e. The molecule has 32 heavy (non-hydrogen) atoms. The lowest BCUT2D eigenvalue weighted by atomic mass is 9.97. The molecule has 0 unspecified atom stereocenters. The molecule has 4 rings (SSSR count). The summed E-state index contributed by atoms with van der Waals surface area (Å²) in [5.74, 6) is 1.28. The van der Waals surface area contributed by atoms with Gasteiger partial charge in [-0.3, -0.25) is 19.1 Å². The Morgan fingerprint density at radius 3 is 2.50 bits per heavy atom. The number of imidazole rings is 1. The van der Waals surface area contributed by atoms with Crippen LogP contribution in [0.25, 0.3) is 22.6 Å². The molecule has 0 saturated carbocycles. The minimum Gasteiger partial charge on any atom is -0.338 e. The average molecular weight is 437 g/mol. The first-order valence-corrected chi connectivity index (χ1v) is 10.0. The van der Waals surface area contributed by atoms with Crippen molar-refractivity contribution in [1.29, 1.82) is 0 Å². The van der Waals surface area contributed by atoms with Crippen LogP contribution in [-0.2, 0) is 23.7 Å². The number of aromatic nitrogens is 6. The minimum absolute atomic E-state index is 0.146. The normalized spacial score (nSPS) is 11.8. The maximum absolute atomic E-state index is 12.3. The van der Waals surface area contributed by atoms with E-state index in [1.54, 1.807) is 24.3 Å². The number of benzene rings is 1. The Kier molecular flexibility index (Phi) is 5.25. The highest BCUT2D eigenvalue weighted by Gasteiger charge is 2.22. The summed E-state index contributed by atoms with van der Waals surface area (Å²) in [4.78, 5) is 49.7. The summed E-state index contributed by atoms with van der Waals surface area (Å²) in [6.45, 7) is 5.98. The van der Waals surface area contributed by atoms with Gasteiger partial charge in [-0.2, -0.15) is 4.98 Å². The van der Waals surface area contributed by atoms with Crippen LogP contribution in [0.15, 0.2) is 38.4 Å². The van der Waals surface area contributed by atoms with E-state index in [2.05, 4.69) is 30.4 Å². The molecule has 0 saturated heterocycles. The lowest BCUT2D eigenvalue weighted by Gasteiger charge is -2.10. The molecule has 0 radical (unpaired) electrons. The van der Waals surface area contributed by atoms with E-state index in [0.29, 0.717) is 23.2 Å². The third-order valence-corrected chi connectivity index (χ3v) is 4.89. The molecule has 3 N–H and O–H groups in total. The van der Waals surface area contributed by atoms with Gasteiger partial charge in [0.15, 0.2) is 5.65 Å². The maximum atomic E-state index is 12.3. The number of nitrogens with zero attached hydrogens (tertiary/aromatic N) is 4. The Morgan fingerprint density at radius 2 is 1.84 bits per heavy atom. The van der Waals surface area contributed by atoms with E-state index in [4.69, 9.17) is 4.52 Å². The van der Waals surface area contributed by atoms with Crippen LogP contribution in [0.5, 0.6) is 0 Å². The van der Waals surface area contributed by atoms with Gasteiger partial charge >= 0.3 is 5.69 Å². The molecular formula is C21H23N7O4. The molecule has 0 spiro atoms. The first kappa shape index (κ1) is 21.2. The number of anilines is 1. The van der Waals surface area contributed by atoms with Crippen LogP contribution in [0.3, 0.4) is 0 Å². The second-order valence-corrected chi connectivity index (χ2v) is 8.50. The van der Waals surface area contributed by atoms with Crippen molar-refractivity contribution in [1.82, 2.24) is 29.7 Å². The number of hydrogen-bond donors (Lipinski definition) is 3. The second-order valence-electron chi connectivity index (χ2n) is 8.50. The summed E-state index contributed by atoms with van der Waals surface area (Å²) < 4.78 is 6.56. The zero-order chi connectivity index (χ0) is 23.0. The molecule has 0 aliphatic rings. The SMILES string of the molecule is Cn1c(=O)[nH]c(=O)c2[nH]c(CCC(=O)Nc3ccc(-c4noc(C(C)(C)C)n4)cc3)nc21. The summed E-state index contributed by atoms with van der Waals surface area (Å²) in [5, 5.41) is 6.83. The van der Waals surface area contributed by atoms with Crippen LogP contribution in [0.1, 0.15) is 38.9 Å². The van der Waals surface area contributed by atoms with Crippen molar-refractivity contribution in [2.75, 3.05) is 5.32 Å². The Morgan fingerprint density at radius 1 is 1.12 bits per heavy atom. The lowest BCUT2D eigenvalue weighted by molar-refractivity contribution is -0.116. The number of carbonyl (C=O) groups is 1.